The first-order valence-corrected chi connectivity index (χ1v) is 6.70. The maximum absolute atomic E-state index is 6.07. The van der Waals surface area contributed by atoms with Gasteiger partial charge in [-0.3, -0.25) is 4.99 Å². The summed E-state index contributed by atoms with van der Waals surface area (Å²) in [6.07, 6.45) is 2.87. The minimum Gasteiger partial charge on any atom is -0.375 e. The summed E-state index contributed by atoms with van der Waals surface area (Å²) in [7, 11) is 0. The average Bonchev–Trinajstić information content (AvgIpc) is 3.07. The van der Waals surface area contributed by atoms with Crippen molar-refractivity contribution in [1.82, 2.24) is 4.90 Å². The fraction of sp³-hybridized carbons (Fsp3) is 0.923. The number of nitrogens with two attached hydrogens (primary N) is 1. The van der Waals surface area contributed by atoms with Gasteiger partial charge in [0.25, 0.3) is 0 Å². The lowest BCUT2D eigenvalue weighted by atomic mass is 9.93. The van der Waals surface area contributed by atoms with Gasteiger partial charge in [-0.25, -0.2) is 0 Å². The van der Waals surface area contributed by atoms with E-state index in [2.05, 4.69) is 30.7 Å². The van der Waals surface area contributed by atoms with Gasteiger partial charge in [-0.2, -0.15) is 0 Å². The Balaban J connectivity index is 0.00000162. The van der Waals surface area contributed by atoms with Gasteiger partial charge in [-0.05, 0) is 31.1 Å². The molecule has 1 unspecified atom stereocenters. The van der Waals surface area contributed by atoms with Gasteiger partial charge < -0.3 is 15.4 Å². The molecular formula is C13H26IN3O. The number of hydrogen-bond donors (Lipinski definition) is 1. The molecule has 1 saturated heterocycles. The van der Waals surface area contributed by atoms with E-state index in [9.17, 15) is 0 Å². The van der Waals surface area contributed by atoms with E-state index < -0.39 is 0 Å². The zero-order valence-corrected chi connectivity index (χ0v) is 14.0. The molecular weight excluding hydrogens is 341 g/mol. The molecule has 106 valence electrons. The normalized spacial score (nSPS) is 27.0. The number of guanidine groups is 1. The van der Waals surface area contributed by atoms with Crippen LogP contribution >= 0.6 is 24.0 Å². The van der Waals surface area contributed by atoms with Crippen molar-refractivity contribution in [3.05, 3.63) is 0 Å². The first kappa shape index (κ1) is 16.0. The number of nitrogens with zero attached hydrogens (tertiary/aromatic N) is 2. The Labute approximate surface area is 127 Å². The summed E-state index contributed by atoms with van der Waals surface area (Å²) in [5.74, 6) is 1.41. The Kier molecular flexibility index (Phi) is 5.70. The number of ether oxygens (including phenoxy) is 1. The lowest BCUT2D eigenvalue weighted by molar-refractivity contribution is 0.00525. The molecule has 2 rings (SSSR count). The van der Waals surface area contributed by atoms with Crippen molar-refractivity contribution in [2.45, 2.75) is 39.7 Å². The van der Waals surface area contributed by atoms with Crippen LogP contribution in [0.1, 0.15) is 33.6 Å². The van der Waals surface area contributed by atoms with Gasteiger partial charge in [0.15, 0.2) is 5.96 Å². The van der Waals surface area contributed by atoms with Gasteiger partial charge in [-0.15, -0.1) is 24.0 Å². The van der Waals surface area contributed by atoms with E-state index in [1.54, 1.807) is 0 Å². The maximum atomic E-state index is 6.07. The molecule has 2 fully saturated rings. The molecule has 1 heterocycles. The Morgan fingerprint density at radius 2 is 2.17 bits per heavy atom. The fourth-order valence-electron chi connectivity index (χ4n) is 2.44. The highest BCUT2D eigenvalue weighted by molar-refractivity contribution is 14.0. The van der Waals surface area contributed by atoms with Crippen LogP contribution in [0.25, 0.3) is 0 Å². The summed E-state index contributed by atoms with van der Waals surface area (Å²) in [5, 5.41) is 0. The molecule has 0 spiro atoms. The number of rotatable bonds is 3. The second-order valence-electron chi connectivity index (χ2n) is 5.82. The summed E-state index contributed by atoms with van der Waals surface area (Å²) in [5.41, 5.74) is 6.51. The third kappa shape index (κ3) is 3.73. The SMILES string of the molecule is CC1CN(C(N)=NCC2(C(C)C)CC2)CCO1.I. The summed E-state index contributed by atoms with van der Waals surface area (Å²) in [6, 6.07) is 0. The Morgan fingerprint density at radius 3 is 2.67 bits per heavy atom. The molecule has 0 radical (unpaired) electrons. The summed E-state index contributed by atoms with van der Waals surface area (Å²) >= 11 is 0. The van der Waals surface area contributed by atoms with Crippen molar-refractivity contribution in [3.8, 4) is 0 Å². The quantitative estimate of drug-likeness (QED) is 0.472. The number of aliphatic imine (C=N–C) groups is 1. The van der Waals surface area contributed by atoms with E-state index in [1.165, 1.54) is 12.8 Å². The Bertz CT molecular complexity index is 303. The lowest BCUT2D eigenvalue weighted by Gasteiger charge is -2.32. The van der Waals surface area contributed by atoms with Gasteiger partial charge in [0.1, 0.15) is 0 Å². The van der Waals surface area contributed by atoms with Crippen LogP contribution in [0.5, 0.6) is 0 Å². The number of halogens is 1. The third-order valence-corrected chi connectivity index (χ3v) is 4.24. The molecule has 2 aliphatic rings. The molecule has 0 amide bonds. The molecule has 5 heteroatoms. The molecule has 0 aromatic carbocycles. The molecule has 1 saturated carbocycles. The van der Waals surface area contributed by atoms with Crippen molar-refractivity contribution in [1.29, 1.82) is 0 Å². The molecule has 0 bridgehead atoms. The highest BCUT2D eigenvalue weighted by atomic mass is 127. The van der Waals surface area contributed by atoms with Crippen LogP contribution in [0, 0.1) is 11.3 Å². The average molecular weight is 367 g/mol. The van der Waals surface area contributed by atoms with Crippen LogP contribution in [0.4, 0.5) is 0 Å². The van der Waals surface area contributed by atoms with Crippen LogP contribution in [0.2, 0.25) is 0 Å². The zero-order chi connectivity index (χ0) is 12.5. The van der Waals surface area contributed by atoms with Gasteiger partial charge >= 0.3 is 0 Å². The second-order valence-corrected chi connectivity index (χ2v) is 5.82. The van der Waals surface area contributed by atoms with E-state index in [4.69, 9.17) is 10.5 Å². The predicted octanol–water partition coefficient (Wildman–Crippen LogP) is 2.08. The Hall–Kier alpha value is -0.0400. The fourth-order valence-corrected chi connectivity index (χ4v) is 2.44. The monoisotopic (exact) mass is 367 g/mol. The van der Waals surface area contributed by atoms with Gasteiger partial charge in [0, 0.05) is 19.6 Å². The smallest absolute Gasteiger partial charge is 0.191 e. The topological polar surface area (TPSA) is 50.8 Å². The van der Waals surface area contributed by atoms with E-state index in [0.29, 0.717) is 17.3 Å². The largest absolute Gasteiger partial charge is 0.375 e. The van der Waals surface area contributed by atoms with Crippen LogP contribution in [-0.4, -0.2) is 43.2 Å². The van der Waals surface area contributed by atoms with E-state index in [-0.39, 0.29) is 30.1 Å². The first-order valence-electron chi connectivity index (χ1n) is 6.70. The van der Waals surface area contributed by atoms with Crippen molar-refractivity contribution in [3.63, 3.8) is 0 Å². The van der Waals surface area contributed by atoms with Crippen LogP contribution in [0.3, 0.4) is 0 Å². The van der Waals surface area contributed by atoms with Crippen molar-refractivity contribution in [2.24, 2.45) is 22.1 Å². The van der Waals surface area contributed by atoms with Gasteiger partial charge in [0.05, 0.1) is 12.7 Å². The summed E-state index contributed by atoms with van der Waals surface area (Å²) < 4.78 is 5.50. The van der Waals surface area contributed by atoms with Crippen molar-refractivity contribution < 1.29 is 4.74 Å². The summed E-state index contributed by atoms with van der Waals surface area (Å²) in [4.78, 5) is 6.75. The molecule has 0 aromatic rings. The van der Waals surface area contributed by atoms with E-state index in [1.807, 2.05) is 0 Å². The Morgan fingerprint density at radius 1 is 1.50 bits per heavy atom. The molecule has 18 heavy (non-hydrogen) atoms. The standard InChI is InChI=1S/C13H25N3O.HI/c1-10(2)13(4-5-13)9-15-12(14)16-6-7-17-11(3)8-16;/h10-11H,4-9H2,1-3H3,(H2,14,15);1H. The van der Waals surface area contributed by atoms with E-state index in [0.717, 1.165) is 26.2 Å². The van der Waals surface area contributed by atoms with Gasteiger partial charge in [0.2, 0.25) is 0 Å². The lowest BCUT2D eigenvalue weighted by Crippen LogP contribution is -2.48. The zero-order valence-electron chi connectivity index (χ0n) is 11.7. The minimum absolute atomic E-state index is 0. The van der Waals surface area contributed by atoms with E-state index >= 15 is 0 Å². The van der Waals surface area contributed by atoms with Crippen LogP contribution in [-0.2, 0) is 4.74 Å². The first-order chi connectivity index (χ1) is 8.03. The highest BCUT2D eigenvalue weighted by Gasteiger charge is 2.45. The molecule has 1 atom stereocenters. The van der Waals surface area contributed by atoms with Crippen molar-refractivity contribution in [2.75, 3.05) is 26.2 Å². The molecule has 1 aliphatic heterocycles. The third-order valence-electron chi connectivity index (χ3n) is 4.24. The maximum Gasteiger partial charge on any atom is 0.191 e. The van der Waals surface area contributed by atoms with Crippen molar-refractivity contribution >= 4 is 29.9 Å². The number of morpholine rings is 1. The second kappa shape index (κ2) is 6.41. The predicted molar refractivity (Wildman–Crippen MR) is 85.4 cm³/mol. The molecule has 1 aliphatic carbocycles. The molecule has 2 N–H and O–H groups in total. The molecule has 4 nitrogen and oxygen atoms in total. The highest BCUT2D eigenvalue weighted by Crippen LogP contribution is 2.51. The minimum atomic E-state index is 0. The van der Waals surface area contributed by atoms with Gasteiger partial charge in [-0.1, -0.05) is 13.8 Å². The molecule has 0 aromatic heterocycles. The van der Waals surface area contributed by atoms with Crippen LogP contribution < -0.4 is 5.73 Å². The van der Waals surface area contributed by atoms with Crippen LogP contribution in [0.15, 0.2) is 4.99 Å². The summed E-state index contributed by atoms with van der Waals surface area (Å²) in [6.45, 7) is 10.0. The number of hydrogen-bond acceptors (Lipinski definition) is 2.